The highest BCUT2D eigenvalue weighted by Gasteiger charge is 2.18. The third-order valence-corrected chi connectivity index (χ3v) is 2.72. The molecule has 0 aromatic carbocycles. The minimum Gasteiger partial charge on any atom is -0.395 e. The Bertz CT molecular complexity index is 97.7. The summed E-state index contributed by atoms with van der Waals surface area (Å²) in [6.45, 7) is 0.157. The van der Waals surface area contributed by atoms with E-state index in [0.717, 1.165) is 0 Å². The van der Waals surface area contributed by atoms with Gasteiger partial charge in [0.2, 0.25) is 0 Å². The van der Waals surface area contributed by atoms with Crippen molar-refractivity contribution in [3.8, 4) is 0 Å². The molecule has 0 saturated heterocycles. The van der Waals surface area contributed by atoms with Gasteiger partial charge in [0.15, 0.2) is 0 Å². The molecule has 2 nitrogen and oxygen atoms in total. The Kier molecular flexibility index (Phi) is 3.87. The first-order chi connectivity index (χ1) is 5.34. The molecule has 1 aliphatic rings. The SMILES string of the molecule is N[C@@H](CO)C1CCCCCC1. The van der Waals surface area contributed by atoms with Gasteiger partial charge in [-0.1, -0.05) is 25.7 Å². The van der Waals surface area contributed by atoms with Crippen molar-refractivity contribution in [2.75, 3.05) is 6.61 Å². The van der Waals surface area contributed by atoms with E-state index in [0.29, 0.717) is 5.92 Å². The largest absolute Gasteiger partial charge is 0.395 e. The first-order valence-electron chi connectivity index (χ1n) is 4.71. The lowest BCUT2D eigenvalue weighted by Gasteiger charge is -2.19. The molecule has 0 aliphatic heterocycles. The van der Waals surface area contributed by atoms with Crippen LogP contribution >= 0.6 is 0 Å². The maximum Gasteiger partial charge on any atom is 0.0585 e. The van der Waals surface area contributed by atoms with Crippen LogP contribution in [0.4, 0.5) is 0 Å². The molecule has 0 spiro atoms. The van der Waals surface area contributed by atoms with Gasteiger partial charge in [-0.2, -0.15) is 0 Å². The van der Waals surface area contributed by atoms with Crippen LogP contribution in [0.1, 0.15) is 38.5 Å². The van der Waals surface area contributed by atoms with Crippen LogP contribution in [0.5, 0.6) is 0 Å². The topological polar surface area (TPSA) is 46.2 Å². The van der Waals surface area contributed by atoms with E-state index < -0.39 is 0 Å². The Hall–Kier alpha value is -0.0800. The molecular weight excluding hydrogens is 138 g/mol. The summed E-state index contributed by atoms with van der Waals surface area (Å²) in [5, 5.41) is 8.85. The summed E-state index contributed by atoms with van der Waals surface area (Å²) in [6, 6.07) is 0.0353. The molecule has 1 rings (SSSR count). The summed E-state index contributed by atoms with van der Waals surface area (Å²) in [4.78, 5) is 0. The van der Waals surface area contributed by atoms with E-state index in [-0.39, 0.29) is 12.6 Å². The fourth-order valence-electron chi connectivity index (χ4n) is 1.89. The zero-order valence-electron chi connectivity index (χ0n) is 7.13. The van der Waals surface area contributed by atoms with Crippen molar-refractivity contribution in [1.82, 2.24) is 0 Å². The van der Waals surface area contributed by atoms with E-state index in [1.807, 2.05) is 0 Å². The Morgan fingerprint density at radius 1 is 1.18 bits per heavy atom. The molecule has 0 radical (unpaired) electrons. The van der Waals surface area contributed by atoms with Crippen LogP contribution in [0.25, 0.3) is 0 Å². The molecule has 11 heavy (non-hydrogen) atoms. The molecule has 1 fully saturated rings. The molecule has 0 amide bonds. The van der Waals surface area contributed by atoms with Crippen LogP contribution in [0.3, 0.4) is 0 Å². The van der Waals surface area contributed by atoms with Gasteiger partial charge in [-0.05, 0) is 18.8 Å². The molecule has 3 N–H and O–H groups in total. The first kappa shape index (κ1) is 9.01. The smallest absolute Gasteiger partial charge is 0.0585 e. The summed E-state index contributed by atoms with van der Waals surface area (Å²) >= 11 is 0. The average molecular weight is 157 g/mol. The molecule has 1 saturated carbocycles. The molecule has 0 aromatic heterocycles. The van der Waals surface area contributed by atoms with Gasteiger partial charge in [0.25, 0.3) is 0 Å². The van der Waals surface area contributed by atoms with Crippen molar-refractivity contribution >= 4 is 0 Å². The van der Waals surface area contributed by atoms with Crippen LogP contribution < -0.4 is 5.73 Å². The maximum absolute atomic E-state index is 8.85. The highest BCUT2D eigenvalue weighted by atomic mass is 16.3. The molecule has 0 heterocycles. The lowest BCUT2D eigenvalue weighted by molar-refractivity contribution is 0.216. The van der Waals surface area contributed by atoms with Crippen LogP contribution in [-0.2, 0) is 0 Å². The van der Waals surface area contributed by atoms with Gasteiger partial charge in [-0.15, -0.1) is 0 Å². The van der Waals surface area contributed by atoms with Crippen LogP contribution in [0.15, 0.2) is 0 Å². The predicted molar refractivity (Wildman–Crippen MR) is 46.3 cm³/mol. The van der Waals surface area contributed by atoms with Crippen LogP contribution in [0.2, 0.25) is 0 Å². The van der Waals surface area contributed by atoms with Crippen molar-refractivity contribution in [3.63, 3.8) is 0 Å². The zero-order chi connectivity index (χ0) is 8.10. The summed E-state index contributed by atoms with van der Waals surface area (Å²) in [6.07, 6.45) is 7.77. The fraction of sp³-hybridized carbons (Fsp3) is 1.00. The third-order valence-electron chi connectivity index (χ3n) is 2.72. The van der Waals surface area contributed by atoms with Gasteiger partial charge in [-0.3, -0.25) is 0 Å². The third kappa shape index (κ3) is 2.80. The maximum atomic E-state index is 8.85. The van der Waals surface area contributed by atoms with E-state index in [4.69, 9.17) is 10.8 Å². The number of rotatable bonds is 2. The van der Waals surface area contributed by atoms with Gasteiger partial charge < -0.3 is 10.8 Å². The Morgan fingerprint density at radius 2 is 1.73 bits per heavy atom. The van der Waals surface area contributed by atoms with Crippen molar-refractivity contribution < 1.29 is 5.11 Å². The predicted octanol–water partition coefficient (Wildman–Crippen LogP) is 1.28. The van der Waals surface area contributed by atoms with Gasteiger partial charge in [0.05, 0.1) is 6.61 Å². The molecule has 0 unspecified atom stereocenters. The molecule has 1 atom stereocenters. The van der Waals surface area contributed by atoms with Gasteiger partial charge in [0.1, 0.15) is 0 Å². The second-order valence-corrected chi connectivity index (χ2v) is 3.60. The van der Waals surface area contributed by atoms with E-state index >= 15 is 0 Å². The second-order valence-electron chi connectivity index (χ2n) is 3.60. The minimum atomic E-state index is 0.0353. The fourth-order valence-corrected chi connectivity index (χ4v) is 1.89. The standard InChI is InChI=1S/C9H19NO/c10-9(7-11)8-5-3-1-2-4-6-8/h8-9,11H,1-7,10H2/t9-/m0/s1. The van der Waals surface area contributed by atoms with Crippen LogP contribution in [-0.4, -0.2) is 17.8 Å². The lowest BCUT2D eigenvalue weighted by atomic mass is 9.93. The lowest BCUT2D eigenvalue weighted by Crippen LogP contribution is -2.33. The van der Waals surface area contributed by atoms with E-state index in [9.17, 15) is 0 Å². The molecule has 0 aromatic rings. The molecule has 0 bridgehead atoms. The summed E-state index contributed by atoms with van der Waals surface area (Å²) in [7, 11) is 0. The Balaban J connectivity index is 2.30. The summed E-state index contributed by atoms with van der Waals surface area (Å²) in [5.74, 6) is 0.586. The number of hydrogen-bond acceptors (Lipinski definition) is 2. The molecule has 1 aliphatic carbocycles. The van der Waals surface area contributed by atoms with Crippen molar-refractivity contribution in [2.24, 2.45) is 11.7 Å². The van der Waals surface area contributed by atoms with E-state index in [2.05, 4.69) is 0 Å². The second kappa shape index (κ2) is 4.73. The highest BCUT2D eigenvalue weighted by molar-refractivity contribution is 4.74. The summed E-state index contributed by atoms with van der Waals surface area (Å²) in [5.41, 5.74) is 5.77. The number of aliphatic hydroxyl groups excluding tert-OH is 1. The van der Waals surface area contributed by atoms with E-state index in [1.54, 1.807) is 0 Å². The highest BCUT2D eigenvalue weighted by Crippen LogP contribution is 2.24. The normalized spacial score (nSPS) is 24.5. The average Bonchev–Trinajstić information content (AvgIpc) is 2.30. The molecular formula is C9H19NO. The van der Waals surface area contributed by atoms with Crippen molar-refractivity contribution in [3.05, 3.63) is 0 Å². The number of nitrogens with two attached hydrogens (primary N) is 1. The van der Waals surface area contributed by atoms with Gasteiger partial charge >= 0.3 is 0 Å². The Labute approximate surface area is 68.8 Å². The van der Waals surface area contributed by atoms with Gasteiger partial charge in [0, 0.05) is 6.04 Å². The van der Waals surface area contributed by atoms with E-state index in [1.165, 1.54) is 38.5 Å². The number of aliphatic hydroxyl groups is 1. The Morgan fingerprint density at radius 3 is 2.18 bits per heavy atom. The molecule has 66 valence electrons. The quantitative estimate of drug-likeness (QED) is 0.593. The summed E-state index contributed by atoms with van der Waals surface area (Å²) < 4.78 is 0. The zero-order valence-corrected chi connectivity index (χ0v) is 7.13. The molecule has 2 heteroatoms. The van der Waals surface area contributed by atoms with Crippen molar-refractivity contribution in [2.45, 2.75) is 44.6 Å². The minimum absolute atomic E-state index is 0.0353. The first-order valence-corrected chi connectivity index (χ1v) is 4.71. The van der Waals surface area contributed by atoms with Crippen LogP contribution in [0, 0.1) is 5.92 Å². The number of hydrogen-bond donors (Lipinski definition) is 2. The van der Waals surface area contributed by atoms with Gasteiger partial charge in [-0.25, -0.2) is 0 Å². The van der Waals surface area contributed by atoms with Crippen molar-refractivity contribution in [1.29, 1.82) is 0 Å². The monoisotopic (exact) mass is 157 g/mol.